The highest BCUT2D eigenvalue weighted by Gasteiger charge is 2.27. The zero-order valence-electron chi connectivity index (χ0n) is 16.9. The van der Waals surface area contributed by atoms with E-state index in [1.165, 1.54) is 6.07 Å². The van der Waals surface area contributed by atoms with Gasteiger partial charge in [-0.05, 0) is 47.9 Å². The molecule has 27 heavy (non-hydrogen) atoms. The van der Waals surface area contributed by atoms with Crippen molar-refractivity contribution in [1.82, 2.24) is 0 Å². The molecule has 0 spiro atoms. The molecule has 3 N–H and O–H groups in total. The zero-order valence-corrected chi connectivity index (χ0v) is 16.9. The lowest BCUT2D eigenvalue weighted by molar-refractivity contribution is 0.0692. The Morgan fingerprint density at radius 1 is 1.07 bits per heavy atom. The molecule has 0 heterocycles. The summed E-state index contributed by atoms with van der Waals surface area (Å²) in [4.78, 5) is 11.9. The molecule has 4 nitrogen and oxygen atoms in total. The van der Waals surface area contributed by atoms with Gasteiger partial charge >= 0.3 is 5.97 Å². The molecule has 0 aliphatic rings. The van der Waals surface area contributed by atoms with E-state index < -0.39 is 5.97 Å². The Hall–Kier alpha value is -2.49. The fourth-order valence-electron chi connectivity index (χ4n) is 3.49. The van der Waals surface area contributed by atoms with Gasteiger partial charge in [-0.3, -0.25) is 0 Å². The van der Waals surface area contributed by atoms with E-state index in [2.05, 4.69) is 6.92 Å². The predicted octanol–water partition coefficient (Wildman–Crippen LogP) is 5.80. The zero-order chi connectivity index (χ0) is 20.4. The number of rotatable bonds is 6. The number of aromatic carboxylic acids is 1. The number of phenolic OH excluding ortho intramolecular Hbond substituents is 1. The van der Waals surface area contributed by atoms with Gasteiger partial charge in [0.05, 0.1) is 5.56 Å². The van der Waals surface area contributed by atoms with Gasteiger partial charge < -0.3 is 15.3 Å². The van der Waals surface area contributed by atoms with Gasteiger partial charge in [-0.2, -0.15) is 0 Å². The average molecular weight is 370 g/mol. The van der Waals surface area contributed by atoms with Crippen LogP contribution in [0.5, 0.6) is 11.5 Å². The van der Waals surface area contributed by atoms with E-state index in [-0.39, 0.29) is 28.0 Å². The van der Waals surface area contributed by atoms with Crippen molar-refractivity contribution < 1.29 is 20.1 Å². The molecule has 2 rings (SSSR count). The van der Waals surface area contributed by atoms with Crippen LogP contribution >= 0.6 is 0 Å². The first-order valence-corrected chi connectivity index (χ1v) is 9.50. The van der Waals surface area contributed by atoms with Crippen LogP contribution in [0.25, 0.3) is 11.1 Å². The number of aromatic hydroxyl groups is 2. The lowest BCUT2D eigenvalue weighted by Crippen LogP contribution is -2.13. The molecule has 0 aliphatic carbocycles. The van der Waals surface area contributed by atoms with Gasteiger partial charge in [-0.1, -0.05) is 64.3 Å². The number of unbranched alkanes of at least 4 members (excludes halogenated alkanes) is 2. The molecule has 0 radical (unpaired) electrons. The lowest BCUT2D eigenvalue weighted by atomic mass is 9.80. The molecule has 4 heteroatoms. The number of carbonyl (C=O) groups is 1. The second kappa shape index (κ2) is 8.03. The number of hydrogen-bond donors (Lipinski definition) is 3. The summed E-state index contributed by atoms with van der Waals surface area (Å²) < 4.78 is 0. The van der Waals surface area contributed by atoms with E-state index in [1.807, 2.05) is 45.9 Å². The Kier molecular flexibility index (Phi) is 6.19. The summed E-state index contributed by atoms with van der Waals surface area (Å²) >= 11 is 0. The van der Waals surface area contributed by atoms with Gasteiger partial charge in [0, 0.05) is 0 Å². The Morgan fingerprint density at radius 2 is 1.74 bits per heavy atom. The minimum Gasteiger partial charge on any atom is -0.507 e. The first-order valence-electron chi connectivity index (χ1n) is 9.50. The van der Waals surface area contributed by atoms with E-state index in [9.17, 15) is 20.1 Å². The van der Waals surface area contributed by atoms with Crippen molar-refractivity contribution in [1.29, 1.82) is 0 Å². The Morgan fingerprint density at radius 3 is 2.30 bits per heavy atom. The maximum Gasteiger partial charge on any atom is 0.339 e. The highest BCUT2D eigenvalue weighted by molar-refractivity contribution is 5.97. The van der Waals surface area contributed by atoms with Gasteiger partial charge in [0.15, 0.2) is 0 Å². The molecule has 0 atom stereocenters. The summed E-state index contributed by atoms with van der Waals surface area (Å²) in [6.07, 6.45) is 3.30. The molecule has 0 amide bonds. The first-order chi connectivity index (χ1) is 12.6. The Balaban J connectivity index is 2.75. The molecule has 0 saturated heterocycles. The minimum absolute atomic E-state index is 0.0832. The van der Waals surface area contributed by atoms with E-state index in [0.717, 1.165) is 30.4 Å². The highest BCUT2D eigenvalue weighted by atomic mass is 16.4. The van der Waals surface area contributed by atoms with Gasteiger partial charge in [0.1, 0.15) is 17.1 Å². The topological polar surface area (TPSA) is 77.8 Å². The molecule has 2 aromatic carbocycles. The number of aryl methyl sites for hydroxylation is 2. The molecular weight excluding hydrogens is 340 g/mol. The van der Waals surface area contributed by atoms with Crippen molar-refractivity contribution >= 4 is 5.97 Å². The van der Waals surface area contributed by atoms with Crippen molar-refractivity contribution in [2.24, 2.45) is 0 Å². The largest absolute Gasteiger partial charge is 0.507 e. The third-order valence-electron chi connectivity index (χ3n) is 4.88. The third-order valence-corrected chi connectivity index (χ3v) is 4.88. The summed E-state index contributed by atoms with van der Waals surface area (Å²) in [5, 5.41) is 31.3. The monoisotopic (exact) mass is 370 g/mol. The van der Waals surface area contributed by atoms with Crippen molar-refractivity contribution in [3.63, 3.8) is 0 Å². The normalized spacial score (nSPS) is 11.6. The van der Waals surface area contributed by atoms with Crippen LogP contribution in [0.3, 0.4) is 0 Å². The molecule has 0 fully saturated rings. The van der Waals surface area contributed by atoms with Crippen LogP contribution in [-0.4, -0.2) is 21.3 Å². The SMILES string of the molecule is CCCCCc1cc(O)c(-c2cc(C)ccc2C(C)(C)C)c(O)c1C(=O)O. The second-order valence-electron chi connectivity index (χ2n) is 8.21. The van der Waals surface area contributed by atoms with Gasteiger partial charge in [0.25, 0.3) is 0 Å². The van der Waals surface area contributed by atoms with Gasteiger partial charge in [-0.15, -0.1) is 0 Å². The average Bonchev–Trinajstić information content (AvgIpc) is 2.53. The first kappa shape index (κ1) is 20.8. The van der Waals surface area contributed by atoms with Gasteiger partial charge in [0.2, 0.25) is 0 Å². The van der Waals surface area contributed by atoms with Crippen molar-refractivity contribution in [3.05, 3.63) is 46.5 Å². The summed E-state index contributed by atoms with van der Waals surface area (Å²) in [6, 6.07) is 7.34. The Bertz CT molecular complexity index is 844. The van der Waals surface area contributed by atoms with E-state index in [4.69, 9.17) is 0 Å². The van der Waals surface area contributed by atoms with Crippen LogP contribution in [-0.2, 0) is 11.8 Å². The quantitative estimate of drug-likeness (QED) is 0.561. The van der Waals surface area contributed by atoms with Crippen molar-refractivity contribution in [3.8, 4) is 22.6 Å². The fraction of sp³-hybridized carbons (Fsp3) is 0.435. The molecule has 2 aromatic rings. The molecule has 0 aliphatic heterocycles. The van der Waals surface area contributed by atoms with Gasteiger partial charge in [-0.25, -0.2) is 4.79 Å². The molecule has 0 unspecified atom stereocenters. The van der Waals surface area contributed by atoms with E-state index in [1.54, 1.807) is 0 Å². The molecule has 146 valence electrons. The summed E-state index contributed by atoms with van der Waals surface area (Å²) in [6.45, 7) is 10.1. The smallest absolute Gasteiger partial charge is 0.339 e. The molecule has 0 aromatic heterocycles. The van der Waals surface area contributed by atoms with Crippen LogP contribution in [0.1, 0.15) is 74.0 Å². The number of carboxylic acids is 1. The van der Waals surface area contributed by atoms with Crippen LogP contribution < -0.4 is 0 Å². The van der Waals surface area contributed by atoms with Crippen molar-refractivity contribution in [2.45, 2.75) is 65.7 Å². The Labute approximate surface area is 161 Å². The van der Waals surface area contributed by atoms with Crippen LogP contribution in [0.15, 0.2) is 24.3 Å². The molecule has 0 bridgehead atoms. The maximum absolute atomic E-state index is 11.9. The molecule has 0 saturated carbocycles. The van der Waals surface area contributed by atoms with Crippen LogP contribution in [0.2, 0.25) is 0 Å². The number of hydrogen-bond acceptors (Lipinski definition) is 3. The standard InChI is InChI=1S/C23H30O4/c1-6-7-8-9-15-13-18(24)20(21(25)19(15)22(26)27)16-12-14(2)10-11-17(16)23(3,4)5/h10-13,24-25H,6-9H2,1-5H3,(H,26,27). The number of benzene rings is 2. The van der Waals surface area contributed by atoms with E-state index in [0.29, 0.717) is 17.5 Å². The lowest BCUT2D eigenvalue weighted by Gasteiger charge is -2.25. The van der Waals surface area contributed by atoms with E-state index >= 15 is 0 Å². The highest BCUT2D eigenvalue weighted by Crippen LogP contribution is 2.45. The maximum atomic E-state index is 11.9. The fourth-order valence-corrected chi connectivity index (χ4v) is 3.49. The van der Waals surface area contributed by atoms with Crippen LogP contribution in [0.4, 0.5) is 0 Å². The third kappa shape index (κ3) is 4.44. The minimum atomic E-state index is -1.18. The van der Waals surface area contributed by atoms with Crippen LogP contribution in [0, 0.1) is 6.92 Å². The predicted molar refractivity (Wildman–Crippen MR) is 109 cm³/mol. The van der Waals surface area contributed by atoms with Crippen molar-refractivity contribution in [2.75, 3.05) is 0 Å². The summed E-state index contributed by atoms with van der Waals surface area (Å²) in [5.41, 5.74) is 2.90. The summed E-state index contributed by atoms with van der Waals surface area (Å²) in [7, 11) is 0. The number of phenols is 2. The number of carboxylic acid groups (broad SMARTS) is 1. The second-order valence-corrected chi connectivity index (χ2v) is 8.21. The molecular formula is C23H30O4. The summed E-state index contributed by atoms with van der Waals surface area (Å²) in [5.74, 6) is -1.62.